The molecule has 1 aromatic rings. The summed E-state index contributed by atoms with van der Waals surface area (Å²) in [6.45, 7) is 4.77. The third-order valence-electron chi connectivity index (χ3n) is 3.16. The number of hydrogen-bond donors (Lipinski definition) is 3. The predicted molar refractivity (Wildman–Crippen MR) is 66.6 cm³/mol. The molecule has 0 bridgehead atoms. The van der Waals surface area contributed by atoms with E-state index in [1.54, 1.807) is 0 Å². The minimum atomic E-state index is -0.517. The van der Waals surface area contributed by atoms with Crippen LogP contribution in [-0.2, 0) is 0 Å². The number of thioether (sulfide) groups is 1. The molecular weight excluding hydrogens is 222 g/mol. The molecule has 90 valence electrons. The topological polar surface area (TPSA) is 60.9 Å². The van der Waals surface area contributed by atoms with Crippen LogP contribution < -0.4 is 5.32 Å². The molecule has 2 rings (SSSR count). The first kappa shape index (κ1) is 12.0. The fourth-order valence-electron chi connectivity index (χ4n) is 1.99. The van der Waals surface area contributed by atoms with Gasteiger partial charge in [0.25, 0.3) is 0 Å². The number of H-pyrrole nitrogens is 1. The Kier molecular flexibility index (Phi) is 3.56. The molecule has 2 atom stereocenters. The highest BCUT2D eigenvalue weighted by atomic mass is 32.2. The summed E-state index contributed by atoms with van der Waals surface area (Å²) in [4.78, 5) is 0. The van der Waals surface area contributed by atoms with Crippen LogP contribution in [0.4, 0.5) is 0 Å². The standard InChI is InChI=1S/C11H19N3OS/c1-8(10-5-13-14-9(10)2)12-6-11(15)3-4-16-7-11/h5,8,12,15H,3-4,6-7H2,1-2H3,(H,13,14). The number of aromatic nitrogens is 2. The van der Waals surface area contributed by atoms with Crippen molar-refractivity contribution in [3.8, 4) is 0 Å². The zero-order valence-electron chi connectivity index (χ0n) is 9.79. The van der Waals surface area contributed by atoms with Gasteiger partial charge < -0.3 is 10.4 Å². The number of rotatable bonds is 4. The first-order valence-electron chi connectivity index (χ1n) is 5.64. The normalized spacial score (nSPS) is 27.2. The van der Waals surface area contributed by atoms with Gasteiger partial charge in [0.15, 0.2) is 0 Å². The molecule has 0 aliphatic carbocycles. The molecule has 0 aromatic carbocycles. The van der Waals surface area contributed by atoms with Crippen molar-refractivity contribution in [3.05, 3.63) is 17.5 Å². The quantitative estimate of drug-likeness (QED) is 0.742. The predicted octanol–water partition coefficient (Wildman–Crippen LogP) is 1.24. The summed E-state index contributed by atoms with van der Waals surface area (Å²) in [6.07, 6.45) is 2.74. The molecule has 2 unspecified atom stereocenters. The van der Waals surface area contributed by atoms with Gasteiger partial charge in [-0.25, -0.2) is 0 Å². The first-order chi connectivity index (χ1) is 7.61. The molecule has 1 aliphatic heterocycles. The summed E-state index contributed by atoms with van der Waals surface area (Å²) < 4.78 is 0. The van der Waals surface area contributed by atoms with Crippen molar-refractivity contribution in [1.29, 1.82) is 0 Å². The minimum absolute atomic E-state index is 0.230. The number of nitrogens with zero attached hydrogens (tertiary/aromatic N) is 1. The highest BCUT2D eigenvalue weighted by Gasteiger charge is 2.31. The van der Waals surface area contributed by atoms with Gasteiger partial charge in [-0.05, 0) is 26.0 Å². The van der Waals surface area contributed by atoms with Crippen molar-refractivity contribution in [3.63, 3.8) is 0 Å². The van der Waals surface area contributed by atoms with Gasteiger partial charge in [0, 0.05) is 29.6 Å². The van der Waals surface area contributed by atoms with Gasteiger partial charge in [-0.1, -0.05) is 0 Å². The summed E-state index contributed by atoms with van der Waals surface area (Å²) in [5.74, 6) is 1.91. The van der Waals surface area contributed by atoms with Gasteiger partial charge in [-0.15, -0.1) is 0 Å². The summed E-state index contributed by atoms with van der Waals surface area (Å²) in [5, 5.41) is 20.5. The molecule has 1 aliphatic rings. The molecule has 5 heteroatoms. The maximum Gasteiger partial charge on any atom is 0.0869 e. The van der Waals surface area contributed by atoms with E-state index in [4.69, 9.17) is 0 Å². The second-order valence-electron chi connectivity index (χ2n) is 4.58. The smallest absolute Gasteiger partial charge is 0.0869 e. The van der Waals surface area contributed by atoms with Crippen molar-refractivity contribution in [1.82, 2.24) is 15.5 Å². The van der Waals surface area contributed by atoms with Crippen LogP contribution in [0.25, 0.3) is 0 Å². The molecule has 4 nitrogen and oxygen atoms in total. The number of aromatic amines is 1. The van der Waals surface area contributed by atoms with E-state index in [-0.39, 0.29) is 6.04 Å². The molecule has 1 saturated heterocycles. The summed E-state index contributed by atoms with van der Waals surface area (Å²) in [7, 11) is 0. The van der Waals surface area contributed by atoms with Crippen molar-refractivity contribution in [2.24, 2.45) is 0 Å². The Morgan fingerprint density at radius 3 is 3.12 bits per heavy atom. The number of aryl methyl sites for hydroxylation is 1. The number of aliphatic hydroxyl groups is 1. The Morgan fingerprint density at radius 2 is 2.56 bits per heavy atom. The van der Waals surface area contributed by atoms with E-state index in [1.165, 1.54) is 5.56 Å². The molecule has 3 N–H and O–H groups in total. The SMILES string of the molecule is Cc1[nH]ncc1C(C)NCC1(O)CCSC1. The fraction of sp³-hybridized carbons (Fsp3) is 0.727. The third-order valence-corrected chi connectivity index (χ3v) is 4.39. The van der Waals surface area contributed by atoms with E-state index in [9.17, 15) is 5.11 Å². The Bertz CT molecular complexity index is 347. The lowest BCUT2D eigenvalue weighted by atomic mass is 10.0. The zero-order chi connectivity index (χ0) is 11.6. The zero-order valence-corrected chi connectivity index (χ0v) is 10.6. The van der Waals surface area contributed by atoms with Gasteiger partial charge in [0.1, 0.15) is 0 Å². The highest BCUT2D eigenvalue weighted by molar-refractivity contribution is 7.99. The molecule has 1 fully saturated rings. The van der Waals surface area contributed by atoms with Crippen LogP contribution in [-0.4, -0.2) is 39.0 Å². The number of hydrogen-bond acceptors (Lipinski definition) is 4. The Labute approximate surface area is 100 Å². The van der Waals surface area contributed by atoms with Gasteiger partial charge in [0.2, 0.25) is 0 Å². The fourth-order valence-corrected chi connectivity index (χ4v) is 3.28. The molecular formula is C11H19N3OS. The van der Waals surface area contributed by atoms with Crippen LogP contribution in [0.5, 0.6) is 0 Å². The van der Waals surface area contributed by atoms with E-state index < -0.39 is 5.60 Å². The van der Waals surface area contributed by atoms with Gasteiger partial charge in [-0.2, -0.15) is 16.9 Å². The Morgan fingerprint density at radius 1 is 1.75 bits per heavy atom. The van der Waals surface area contributed by atoms with E-state index in [0.717, 1.165) is 23.6 Å². The van der Waals surface area contributed by atoms with Crippen LogP contribution in [0.3, 0.4) is 0 Å². The Hall–Kier alpha value is -0.520. The maximum absolute atomic E-state index is 10.2. The minimum Gasteiger partial charge on any atom is -0.388 e. The maximum atomic E-state index is 10.2. The molecule has 1 aromatic heterocycles. The Balaban J connectivity index is 1.88. The number of nitrogens with one attached hydrogen (secondary N) is 2. The monoisotopic (exact) mass is 241 g/mol. The average Bonchev–Trinajstić information content (AvgIpc) is 2.85. The molecule has 16 heavy (non-hydrogen) atoms. The lowest BCUT2D eigenvalue weighted by Crippen LogP contribution is -2.41. The molecule has 0 spiro atoms. The lowest BCUT2D eigenvalue weighted by molar-refractivity contribution is 0.0651. The summed E-state index contributed by atoms with van der Waals surface area (Å²) >= 11 is 1.82. The van der Waals surface area contributed by atoms with Crippen LogP contribution in [0.1, 0.15) is 30.6 Å². The molecule has 2 heterocycles. The van der Waals surface area contributed by atoms with E-state index >= 15 is 0 Å². The first-order valence-corrected chi connectivity index (χ1v) is 6.80. The van der Waals surface area contributed by atoms with E-state index in [2.05, 4.69) is 22.4 Å². The van der Waals surface area contributed by atoms with Gasteiger partial charge in [-0.3, -0.25) is 5.10 Å². The largest absolute Gasteiger partial charge is 0.388 e. The van der Waals surface area contributed by atoms with Crippen LogP contribution in [0.2, 0.25) is 0 Å². The van der Waals surface area contributed by atoms with Crippen molar-refractivity contribution in [2.45, 2.75) is 31.9 Å². The third kappa shape index (κ3) is 2.59. The molecule has 0 saturated carbocycles. The van der Waals surface area contributed by atoms with Crippen molar-refractivity contribution in [2.75, 3.05) is 18.1 Å². The summed E-state index contributed by atoms with van der Waals surface area (Å²) in [6, 6.07) is 0.230. The highest BCUT2D eigenvalue weighted by Crippen LogP contribution is 2.27. The van der Waals surface area contributed by atoms with Crippen molar-refractivity contribution >= 4 is 11.8 Å². The summed E-state index contributed by atoms with van der Waals surface area (Å²) in [5.41, 5.74) is 1.75. The van der Waals surface area contributed by atoms with E-state index in [0.29, 0.717) is 6.54 Å². The van der Waals surface area contributed by atoms with Crippen LogP contribution in [0, 0.1) is 6.92 Å². The van der Waals surface area contributed by atoms with Gasteiger partial charge >= 0.3 is 0 Å². The molecule has 0 amide bonds. The van der Waals surface area contributed by atoms with Gasteiger partial charge in [0.05, 0.1) is 11.8 Å². The van der Waals surface area contributed by atoms with Crippen molar-refractivity contribution < 1.29 is 5.11 Å². The molecule has 0 radical (unpaired) electrons. The average molecular weight is 241 g/mol. The second-order valence-corrected chi connectivity index (χ2v) is 5.69. The lowest BCUT2D eigenvalue weighted by Gasteiger charge is -2.24. The van der Waals surface area contributed by atoms with E-state index in [1.807, 2.05) is 24.9 Å². The van der Waals surface area contributed by atoms with Crippen LogP contribution in [0.15, 0.2) is 6.20 Å². The second kappa shape index (κ2) is 4.77. The van der Waals surface area contributed by atoms with Crippen LogP contribution >= 0.6 is 11.8 Å².